The van der Waals surface area contributed by atoms with Gasteiger partial charge in [-0.25, -0.2) is 4.39 Å². The van der Waals surface area contributed by atoms with Gasteiger partial charge in [0.1, 0.15) is 18.2 Å². The number of pyridine rings is 2. The zero-order chi connectivity index (χ0) is 22.5. The minimum atomic E-state index is -0.423. The van der Waals surface area contributed by atoms with Crippen LogP contribution in [0.1, 0.15) is 21.7 Å². The average Bonchev–Trinajstić information content (AvgIpc) is 3.25. The van der Waals surface area contributed by atoms with Gasteiger partial charge in [0.15, 0.2) is 0 Å². The van der Waals surface area contributed by atoms with Crippen LogP contribution in [0.2, 0.25) is 0 Å². The van der Waals surface area contributed by atoms with Gasteiger partial charge in [-0.3, -0.25) is 20.1 Å². The Hall–Kier alpha value is -3.92. The molecule has 10 heteroatoms. The zero-order valence-electron chi connectivity index (χ0n) is 17.2. The smallest absolute Gasteiger partial charge is 0.296 e. The van der Waals surface area contributed by atoms with Crippen molar-refractivity contribution < 1.29 is 18.7 Å². The second kappa shape index (κ2) is 9.48. The predicted molar refractivity (Wildman–Crippen MR) is 117 cm³/mol. The highest BCUT2D eigenvalue weighted by Gasteiger charge is 2.18. The van der Waals surface area contributed by atoms with E-state index in [1.165, 1.54) is 18.3 Å². The van der Waals surface area contributed by atoms with E-state index in [2.05, 4.69) is 25.5 Å². The molecule has 0 bridgehead atoms. The van der Waals surface area contributed by atoms with Crippen LogP contribution in [0, 0.1) is 12.7 Å². The van der Waals surface area contributed by atoms with Gasteiger partial charge in [-0.1, -0.05) is 23.3 Å². The number of nitrogens with zero attached hydrogens (tertiary/aromatic N) is 4. The van der Waals surface area contributed by atoms with Gasteiger partial charge in [-0.2, -0.15) is 0 Å². The first-order chi connectivity index (χ1) is 15.5. The normalized spacial score (nSPS) is 10.6. The molecule has 1 amide bonds. The summed E-state index contributed by atoms with van der Waals surface area (Å²) in [5.41, 5.74) is 3.14. The van der Waals surface area contributed by atoms with E-state index < -0.39 is 5.82 Å². The molecule has 0 aliphatic carbocycles. The lowest BCUT2D eigenvalue weighted by Gasteiger charge is -2.13. The Morgan fingerprint density at radius 3 is 2.72 bits per heavy atom. The third-order valence-corrected chi connectivity index (χ3v) is 5.19. The van der Waals surface area contributed by atoms with Gasteiger partial charge in [0.25, 0.3) is 11.1 Å². The summed E-state index contributed by atoms with van der Waals surface area (Å²) in [5.74, 6) is -0.165. The number of benzene rings is 1. The van der Waals surface area contributed by atoms with Crippen LogP contribution >= 0.6 is 11.3 Å². The fourth-order valence-electron chi connectivity index (χ4n) is 2.94. The van der Waals surface area contributed by atoms with Crippen molar-refractivity contribution in [3.05, 3.63) is 77.6 Å². The summed E-state index contributed by atoms with van der Waals surface area (Å²) in [5, 5.41) is 11.1. The minimum absolute atomic E-state index is 0.0999. The summed E-state index contributed by atoms with van der Waals surface area (Å²) in [7, 11) is 1.58. The monoisotopic (exact) mass is 451 g/mol. The Morgan fingerprint density at radius 1 is 1.09 bits per heavy atom. The Balaban J connectivity index is 1.51. The molecule has 8 nitrogen and oxygen atoms in total. The predicted octanol–water partition coefficient (Wildman–Crippen LogP) is 4.28. The molecule has 4 aromatic rings. The first-order valence-corrected chi connectivity index (χ1v) is 10.3. The number of halogens is 1. The number of aromatic nitrogens is 4. The molecule has 3 aromatic heterocycles. The number of methoxy groups -OCH3 is 1. The molecule has 0 atom stereocenters. The van der Waals surface area contributed by atoms with Crippen LogP contribution in [0.15, 0.2) is 54.9 Å². The lowest BCUT2D eigenvalue weighted by atomic mass is 9.99. The van der Waals surface area contributed by atoms with E-state index >= 15 is 0 Å². The highest BCUT2D eigenvalue weighted by atomic mass is 32.1. The quantitative estimate of drug-likeness (QED) is 0.448. The topological polar surface area (TPSA) is 99.1 Å². The molecule has 0 saturated carbocycles. The molecule has 0 fully saturated rings. The molecule has 0 aliphatic heterocycles. The lowest BCUT2D eigenvalue weighted by Crippen LogP contribution is -2.14. The van der Waals surface area contributed by atoms with Crippen molar-refractivity contribution >= 4 is 22.4 Å². The van der Waals surface area contributed by atoms with Gasteiger partial charge in [0.2, 0.25) is 5.13 Å². The minimum Gasteiger partial charge on any atom is -0.496 e. The number of nitrogens with one attached hydrogen (secondary N) is 1. The van der Waals surface area contributed by atoms with Crippen molar-refractivity contribution in [1.82, 2.24) is 20.2 Å². The largest absolute Gasteiger partial charge is 0.496 e. The Labute approximate surface area is 187 Å². The standard InChI is InChI=1S/C22H18FN5O3S/c1-13-9-17(16-5-3-4-6-19(16)30-2)18(11-24-13)20(29)26-21-27-28-22(32-21)31-12-15-8-7-14(23)10-25-15/h3-11H,12H2,1-2H3,(H,26,27,29). The Kier molecular flexibility index (Phi) is 6.31. The van der Waals surface area contributed by atoms with Crippen molar-refractivity contribution in [2.75, 3.05) is 12.4 Å². The average molecular weight is 451 g/mol. The molecule has 1 N–H and O–H groups in total. The molecule has 0 spiro atoms. The molecule has 0 aliphatic rings. The third kappa shape index (κ3) is 4.86. The highest BCUT2D eigenvalue weighted by molar-refractivity contribution is 7.17. The van der Waals surface area contributed by atoms with Crippen molar-refractivity contribution in [1.29, 1.82) is 0 Å². The molecule has 0 unspecified atom stereocenters. The number of amides is 1. The fraction of sp³-hybridized carbons (Fsp3) is 0.136. The molecule has 0 saturated heterocycles. The van der Waals surface area contributed by atoms with Crippen LogP contribution in [-0.4, -0.2) is 33.2 Å². The number of aryl methyl sites for hydroxylation is 1. The van der Waals surface area contributed by atoms with Crippen LogP contribution in [0.3, 0.4) is 0 Å². The van der Waals surface area contributed by atoms with Crippen LogP contribution in [-0.2, 0) is 6.61 Å². The molecule has 4 rings (SSSR count). The van der Waals surface area contributed by atoms with E-state index in [9.17, 15) is 9.18 Å². The van der Waals surface area contributed by atoms with E-state index in [1.54, 1.807) is 7.11 Å². The van der Waals surface area contributed by atoms with Crippen molar-refractivity contribution in [2.45, 2.75) is 13.5 Å². The summed E-state index contributed by atoms with van der Waals surface area (Å²) in [4.78, 5) is 21.2. The van der Waals surface area contributed by atoms with Crippen molar-refractivity contribution in [3.8, 4) is 22.1 Å². The fourth-order valence-corrected chi connectivity index (χ4v) is 3.53. The highest BCUT2D eigenvalue weighted by Crippen LogP contribution is 2.33. The van der Waals surface area contributed by atoms with E-state index in [-0.39, 0.29) is 22.8 Å². The second-order valence-electron chi connectivity index (χ2n) is 6.66. The zero-order valence-corrected chi connectivity index (χ0v) is 18.0. The van der Waals surface area contributed by atoms with Crippen LogP contribution < -0.4 is 14.8 Å². The summed E-state index contributed by atoms with van der Waals surface area (Å²) in [6, 6.07) is 12.1. The summed E-state index contributed by atoms with van der Waals surface area (Å²) >= 11 is 1.07. The van der Waals surface area contributed by atoms with Gasteiger partial charge in [0.05, 0.1) is 24.6 Å². The number of carbonyl (C=O) groups is 1. The first kappa shape index (κ1) is 21.3. The molecule has 3 heterocycles. The number of rotatable bonds is 7. The number of para-hydroxylation sites is 1. The number of hydrogen-bond donors (Lipinski definition) is 1. The lowest BCUT2D eigenvalue weighted by molar-refractivity contribution is 0.102. The molecule has 1 aromatic carbocycles. The van der Waals surface area contributed by atoms with Crippen molar-refractivity contribution in [2.24, 2.45) is 0 Å². The number of ether oxygens (including phenoxy) is 2. The third-order valence-electron chi connectivity index (χ3n) is 4.44. The first-order valence-electron chi connectivity index (χ1n) is 9.51. The van der Waals surface area contributed by atoms with Gasteiger partial charge in [-0.15, -0.1) is 5.10 Å². The number of carbonyl (C=O) groups excluding carboxylic acids is 1. The van der Waals surface area contributed by atoms with Gasteiger partial charge < -0.3 is 9.47 Å². The second-order valence-corrected chi connectivity index (χ2v) is 7.60. The Bertz CT molecular complexity index is 1250. The number of hydrogen-bond acceptors (Lipinski definition) is 8. The summed E-state index contributed by atoms with van der Waals surface area (Å²) < 4.78 is 23.9. The van der Waals surface area contributed by atoms with E-state index in [0.29, 0.717) is 22.6 Å². The van der Waals surface area contributed by atoms with E-state index in [1.807, 2.05) is 37.3 Å². The van der Waals surface area contributed by atoms with Gasteiger partial charge in [0, 0.05) is 23.0 Å². The maximum atomic E-state index is 13.0. The molecule has 162 valence electrons. The van der Waals surface area contributed by atoms with Gasteiger partial charge in [-0.05, 0) is 42.5 Å². The summed E-state index contributed by atoms with van der Waals surface area (Å²) in [6.45, 7) is 1.95. The van der Waals surface area contributed by atoms with Crippen molar-refractivity contribution in [3.63, 3.8) is 0 Å². The van der Waals surface area contributed by atoms with Crippen LogP contribution in [0.5, 0.6) is 10.9 Å². The molecular formula is C22H18FN5O3S. The SMILES string of the molecule is COc1ccccc1-c1cc(C)ncc1C(=O)Nc1nnc(OCc2ccc(F)cn2)s1. The van der Waals surface area contributed by atoms with E-state index in [0.717, 1.165) is 28.8 Å². The molecule has 0 radical (unpaired) electrons. The maximum Gasteiger partial charge on any atom is 0.296 e. The Morgan fingerprint density at radius 2 is 1.94 bits per heavy atom. The molecular weight excluding hydrogens is 433 g/mol. The van der Waals surface area contributed by atoms with E-state index in [4.69, 9.17) is 9.47 Å². The van der Waals surface area contributed by atoms with Crippen LogP contribution in [0.25, 0.3) is 11.1 Å². The summed E-state index contributed by atoms with van der Waals surface area (Å²) in [6.07, 6.45) is 2.63. The molecule has 32 heavy (non-hydrogen) atoms. The number of anilines is 1. The van der Waals surface area contributed by atoms with Crippen LogP contribution in [0.4, 0.5) is 9.52 Å². The maximum absolute atomic E-state index is 13.0. The van der Waals surface area contributed by atoms with Gasteiger partial charge >= 0.3 is 0 Å².